The van der Waals surface area contributed by atoms with Gasteiger partial charge in [-0.3, -0.25) is 4.79 Å². The van der Waals surface area contributed by atoms with Crippen LogP contribution in [0.2, 0.25) is 0 Å². The van der Waals surface area contributed by atoms with Gasteiger partial charge in [0, 0.05) is 39.2 Å². The van der Waals surface area contributed by atoms with E-state index in [4.69, 9.17) is 0 Å². The molecule has 1 aliphatic rings. The van der Waals surface area contributed by atoms with E-state index in [0.717, 1.165) is 73.8 Å². The highest BCUT2D eigenvalue weighted by Crippen LogP contribution is 2.25. The second-order valence-electron chi connectivity index (χ2n) is 8.51. The van der Waals surface area contributed by atoms with Gasteiger partial charge in [-0.05, 0) is 43.7 Å². The Hall–Kier alpha value is -3.16. The van der Waals surface area contributed by atoms with E-state index in [1.807, 2.05) is 41.9 Å². The molecule has 8 nitrogen and oxygen atoms in total. The van der Waals surface area contributed by atoms with E-state index in [2.05, 4.69) is 37.4 Å². The third-order valence-corrected chi connectivity index (χ3v) is 6.25. The molecule has 0 aliphatic carbocycles. The second kappa shape index (κ2) is 10.4. The molecular weight excluding hydrogens is 402 g/mol. The summed E-state index contributed by atoms with van der Waals surface area (Å²) in [6.07, 6.45) is 6.35. The van der Waals surface area contributed by atoms with E-state index in [1.54, 1.807) is 6.33 Å². The lowest BCUT2D eigenvalue weighted by Gasteiger charge is -2.32. The molecule has 1 aliphatic heterocycles. The summed E-state index contributed by atoms with van der Waals surface area (Å²) in [6, 6.07) is 10.1. The van der Waals surface area contributed by atoms with Gasteiger partial charge in [-0.1, -0.05) is 19.1 Å². The SMILES string of the molecule is CCCNc1cc(N2CCC(CCC(=O)NCc3nc4ccccc4n3C)CC2)ncn1. The number of hydrogen-bond donors (Lipinski definition) is 2. The molecule has 0 spiro atoms. The van der Waals surface area contributed by atoms with Crippen LogP contribution in [0.4, 0.5) is 11.6 Å². The number of imidazole rings is 1. The van der Waals surface area contributed by atoms with E-state index in [9.17, 15) is 4.79 Å². The van der Waals surface area contributed by atoms with E-state index < -0.39 is 0 Å². The Labute approximate surface area is 189 Å². The zero-order chi connectivity index (χ0) is 22.3. The first-order valence-corrected chi connectivity index (χ1v) is 11.6. The van der Waals surface area contributed by atoms with Gasteiger partial charge >= 0.3 is 0 Å². The van der Waals surface area contributed by atoms with Gasteiger partial charge in [0.05, 0.1) is 17.6 Å². The quantitative estimate of drug-likeness (QED) is 0.535. The van der Waals surface area contributed by atoms with Crippen molar-refractivity contribution in [1.29, 1.82) is 0 Å². The minimum atomic E-state index is 0.0990. The molecule has 0 unspecified atom stereocenters. The van der Waals surface area contributed by atoms with Gasteiger partial charge < -0.3 is 20.1 Å². The summed E-state index contributed by atoms with van der Waals surface area (Å²) in [4.78, 5) is 28.1. The van der Waals surface area contributed by atoms with Crippen LogP contribution in [0.25, 0.3) is 11.0 Å². The van der Waals surface area contributed by atoms with Crippen molar-refractivity contribution in [1.82, 2.24) is 24.8 Å². The maximum atomic E-state index is 12.4. The number of rotatable bonds is 9. The molecule has 0 saturated carbocycles. The molecule has 1 saturated heterocycles. The van der Waals surface area contributed by atoms with Crippen LogP contribution in [-0.4, -0.2) is 45.1 Å². The molecule has 0 atom stereocenters. The number of aryl methyl sites for hydroxylation is 1. The third-order valence-electron chi connectivity index (χ3n) is 6.25. The van der Waals surface area contributed by atoms with Gasteiger partial charge in [-0.2, -0.15) is 0 Å². The monoisotopic (exact) mass is 435 g/mol. The lowest BCUT2D eigenvalue weighted by Crippen LogP contribution is -2.35. The summed E-state index contributed by atoms with van der Waals surface area (Å²) in [7, 11) is 1.99. The molecule has 3 heterocycles. The third kappa shape index (κ3) is 5.36. The Balaban J connectivity index is 1.20. The van der Waals surface area contributed by atoms with Crippen LogP contribution in [0.5, 0.6) is 0 Å². The Morgan fingerprint density at radius 1 is 1.19 bits per heavy atom. The van der Waals surface area contributed by atoms with Crippen LogP contribution >= 0.6 is 0 Å². The molecular formula is C24H33N7O. The molecule has 3 aromatic rings. The molecule has 4 rings (SSSR count). The zero-order valence-electron chi connectivity index (χ0n) is 19.0. The van der Waals surface area contributed by atoms with Gasteiger partial charge in [0.25, 0.3) is 0 Å². The van der Waals surface area contributed by atoms with Gasteiger partial charge in [-0.15, -0.1) is 0 Å². The van der Waals surface area contributed by atoms with Gasteiger partial charge in [0.1, 0.15) is 23.8 Å². The van der Waals surface area contributed by atoms with E-state index >= 15 is 0 Å². The summed E-state index contributed by atoms with van der Waals surface area (Å²) < 4.78 is 2.04. The number of aromatic nitrogens is 4. The molecule has 2 aromatic heterocycles. The maximum absolute atomic E-state index is 12.4. The summed E-state index contributed by atoms with van der Waals surface area (Å²) in [6.45, 7) is 5.45. The zero-order valence-corrected chi connectivity index (χ0v) is 19.0. The standard InChI is InChI=1S/C24H33N7O/c1-3-12-25-21-15-22(28-17-27-21)31-13-10-18(11-14-31)8-9-24(32)26-16-23-29-19-6-4-5-7-20(19)30(23)2/h4-7,15,17-18H,3,8-14,16H2,1-2H3,(H,26,32)(H,25,27,28). The summed E-state index contributed by atoms with van der Waals surface area (Å²) >= 11 is 0. The minimum Gasteiger partial charge on any atom is -0.370 e. The Morgan fingerprint density at radius 2 is 2.00 bits per heavy atom. The highest BCUT2D eigenvalue weighted by atomic mass is 16.1. The minimum absolute atomic E-state index is 0.0990. The lowest BCUT2D eigenvalue weighted by molar-refractivity contribution is -0.121. The van der Waals surface area contributed by atoms with Gasteiger partial charge in [0.15, 0.2) is 0 Å². The van der Waals surface area contributed by atoms with E-state index in [1.165, 1.54) is 0 Å². The van der Waals surface area contributed by atoms with Crippen LogP contribution in [0.3, 0.4) is 0 Å². The van der Waals surface area contributed by atoms with E-state index in [0.29, 0.717) is 18.9 Å². The fourth-order valence-corrected chi connectivity index (χ4v) is 4.28. The van der Waals surface area contributed by atoms with Crippen LogP contribution < -0.4 is 15.5 Å². The molecule has 0 radical (unpaired) electrons. The summed E-state index contributed by atoms with van der Waals surface area (Å²) in [5.41, 5.74) is 2.04. The first-order valence-electron chi connectivity index (χ1n) is 11.6. The number of para-hydroxylation sites is 2. The number of carbonyl (C=O) groups excluding carboxylic acids is 1. The van der Waals surface area contributed by atoms with Crippen molar-refractivity contribution in [3.63, 3.8) is 0 Å². The smallest absolute Gasteiger partial charge is 0.220 e. The first-order chi connectivity index (χ1) is 15.6. The normalized spacial score (nSPS) is 14.6. The Kier molecular flexibility index (Phi) is 7.19. The largest absolute Gasteiger partial charge is 0.370 e. The molecule has 170 valence electrons. The number of amides is 1. The molecule has 2 N–H and O–H groups in total. The van der Waals surface area contributed by atoms with Crippen molar-refractivity contribution in [2.45, 2.75) is 45.6 Å². The predicted molar refractivity (Wildman–Crippen MR) is 128 cm³/mol. The van der Waals surface area contributed by atoms with Crippen molar-refractivity contribution in [2.75, 3.05) is 29.9 Å². The summed E-state index contributed by atoms with van der Waals surface area (Å²) in [5.74, 6) is 3.42. The number of hydrogen-bond acceptors (Lipinski definition) is 6. The van der Waals surface area contributed by atoms with Gasteiger partial charge in [-0.25, -0.2) is 15.0 Å². The number of nitrogens with one attached hydrogen (secondary N) is 2. The van der Waals surface area contributed by atoms with E-state index in [-0.39, 0.29) is 5.91 Å². The number of fused-ring (bicyclic) bond motifs is 1. The van der Waals surface area contributed by atoms with Crippen molar-refractivity contribution in [2.24, 2.45) is 13.0 Å². The highest BCUT2D eigenvalue weighted by molar-refractivity contribution is 5.77. The van der Waals surface area contributed by atoms with Crippen LogP contribution in [0.15, 0.2) is 36.7 Å². The van der Waals surface area contributed by atoms with Crippen molar-refractivity contribution >= 4 is 28.6 Å². The Bertz CT molecular complexity index is 1040. The number of nitrogens with zero attached hydrogens (tertiary/aromatic N) is 5. The predicted octanol–water partition coefficient (Wildman–Crippen LogP) is 3.50. The lowest BCUT2D eigenvalue weighted by atomic mass is 9.92. The molecule has 1 aromatic carbocycles. The summed E-state index contributed by atoms with van der Waals surface area (Å²) in [5, 5.41) is 6.36. The van der Waals surface area contributed by atoms with Crippen molar-refractivity contribution in [3.05, 3.63) is 42.5 Å². The van der Waals surface area contributed by atoms with Gasteiger partial charge in [0.2, 0.25) is 5.91 Å². The fraction of sp³-hybridized carbons (Fsp3) is 0.500. The topological polar surface area (TPSA) is 88.0 Å². The molecule has 1 amide bonds. The number of carbonyl (C=O) groups is 1. The molecule has 1 fully saturated rings. The average Bonchev–Trinajstić information content (AvgIpc) is 3.16. The van der Waals surface area contributed by atoms with Crippen molar-refractivity contribution < 1.29 is 4.79 Å². The van der Waals surface area contributed by atoms with Crippen LogP contribution in [0.1, 0.15) is 44.9 Å². The number of piperidine rings is 1. The molecule has 0 bridgehead atoms. The molecule has 32 heavy (non-hydrogen) atoms. The number of benzene rings is 1. The van der Waals surface area contributed by atoms with Crippen molar-refractivity contribution in [3.8, 4) is 0 Å². The number of anilines is 2. The fourth-order valence-electron chi connectivity index (χ4n) is 4.28. The maximum Gasteiger partial charge on any atom is 0.220 e. The van der Waals surface area contributed by atoms with Crippen LogP contribution in [0, 0.1) is 5.92 Å². The molecule has 8 heteroatoms. The van der Waals surface area contributed by atoms with Crippen LogP contribution in [-0.2, 0) is 18.4 Å². The second-order valence-corrected chi connectivity index (χ2v) is 8.51. The Morgan fingerprint density at radius 3 is 2.78 bits per heavy atom. The highest BCUT2D eigenvalue weighted by Gasteiger charge is 2.21. The average molecular weight is 436 g/mol. The first kappa shape index (κ1) is 22.0.